The number of terminal acetylenes is 1. The molecule has 116 valence electrons. The Hall–Kier alpha value is -3.31. The first-order valence-corrected chi connectivity index (χ1v) is 7.76. The Labute approximate surface area is 142 Å². The highest BCUT2D eigenvalue weighted by molar-refractivity contribution is 5.99. The Bertz CT molecular complexity index is 824. The van der Waals surface area contributed by atoms with E-state index in [0.717, 1.165) is 11.1 Å². The van der Waals surface area contributed by atoms with E-state index in [9.17, 15) is 4.79 Å². The number of hydrogen-bond donors (Lipinski definition) is 1. The molecule has 0 unspecified atom stereocenters. The van der Waals surface area contributed by atoms with Gasteiger partial charge in [-0.1, -0.05) is 78.7 Å². The molecular weight excluding hydrogens is 294 g/mol. The third-order valence-corrected chi connectivity index (χ3v) is 3.87. The van der Waals surface area contributed by atoms with E-state index in [-0.39, 0.29) is 5.91 Å². The summed E-state index contributed by atoms with van der Waals surface area (Å²) in [5.41, 5.74) is 3.21. The Morgan fingerprint density at radius 2 is 1.29 bits per heavy atom. The summed E-state index contributed by atoms with van der Waals surface area (Å²) in [6.07, 6.45) is 5.52. The van der Waals surface area contributed by atoms with Crippen LogP contribution in [-0.2, 0) is 4.79 Å². The van der Waals surface area contributed by atoms with Gasteiger partial charge in [0, 0.05) is 5.56 Å². The smallest absolute Gasteiger partial charge is 0.236 e. The van der Waals surface area contributed by atoms with Gasteiger partial charge in [0.1, 0.15) is 0 Å². The van der Waals surface area contributed by atoms with Crippen molar-refractivity contribution in [2.75, 3.05) is 5.32 Å². The van der Waals surface area contributed by atoms with Crippen LogP contribution in [0, 0.1) is 12.3 Å². The minimum atomic E-state index is -0.391. The molecule has 2 heteroatoms. The Morgan fingerprint density at radius 3 is 1.83 bits per heavy atom. The molecule has 0 aliphatic carbocycles. The minimum absolute atomic E-state index is 0.102. The van der Waals surface area contributed by atoms with Crippen molar-refractivity contribution in [2.45, 2.75) is 5.92 Å². The molecule has 0 saturated carbocycles. The van der Waals surface area contributed by atoms with Crippen molar-refractivity contribution >= 4 is 11.6 Å². The van der Waals surface area contributed by atoms with E-state index in [0.29, 0.717) is 11.3 Å². The monoisotopic (exact) mass is 311 g/mol. The molecule has 0 atom stereocenters. The highest BCUT2D eigenvalue weighted by atomic mass is 16.1. The van der Waals surface area contributed by atoms with Gasteiger partial charge < -0.3 is 5.32 Å². The predicted octanol–water partition coefficient (Wildman–Crippen LogP) is 4.44. The zero-order valence-corrected chi connectivity index (χ0v) is 13.1. The maximum absolute atomic E-state index is 13.0. The fourth-order valence-electron chi connectivity index (χ4n) is 2.71. The first-order chi connectivity index (χ1) is 11.8. The summed E-state index contributed by atoms with van der Waals surface area (Å²) < 4.78 is 0. The standard InChI is InChI=1S/C22H17NO/c1-2-17-11-9-10-16-20(17)23-22(24)21(18-12-5-3-6-13-18)19-14-7-4-8-15-19/h1,3-16,21H,(H,23,24). The van der Waals surface area contributed by atoms with Crippen molar-refractivity contribution < 1.29 is 4.79 Å². The molecule has 0 saturated heterocycles. The summed E-state index contributed by atoms with van der Waals surface area (Å²) in [5.74, 6) is 2.11. The van der Waals surface area contributed by atoms with E-state index < -0.39 is 5.92 Å². The summed E-state index contributed by atoms with van der Waals surface area (Å²) in [6.45, 7) is 0. The maximum atomic E-state index is 13.0. The molecule has 2 nitrogen and oxygen atoms in total. The third kappa shape index (κ3) is 3.37. The lowest BCUT2D eigenvalue weighted by Gasteiger charge is -2.18. The molecule has 1 N–H and O–H groups in total. The van der Waals surface area contributed by atoms with Crippen molar-refractivity contribution in [2.24, 2.45) is 0 Å². The van der Waals surface area contributed by atoms with Crippen molar-refractivity contribution in [3.63, 3.8) is 0 Å². The molecular formula is C22H17NO. The Morgan fingerprint density at radius 1 is 0.792 bits per heavy atom. The molecule has 0 fully saturated rings. The second-order valence-electron chi connectivity index (χ2n) is 5.43. The van der Waals surface area contributed by atoms with Crippen molar-refractivity contribution in [1.82, 2.24) is 0 Å². The normalized spacial score (nSPS) is 10.2. The van der Waals surface area contributed by atoms with Gasteiger partial charge in [-0.3, -0.25) is 4.79 Å². The molecule has 3 rings (SSSR count). The summed E-state index contributed by atoms with van der Waals surface area (Å²) in [7, 11) is 0. The van der Waals surface area contributed by atoms with Gasteiger partial charge in [0.05, 0.1) is 11.6 Å². The molecule has 0 aliphatic rings. The van der Waals surface area contributed by atoms with Gasteiger partial charge in [-0.2, -0.15) is 0 Å². The first-order valence-electron chi connectivity index (χ1n) is 7.76. The van der Waals surface area contributed by atoms with Crippen LogP contribution < -0.4 is 5.32 Å². The van der Waals surface area contributed by atoms with E-state index >= 15 is 0 Å². The van der Waals surface area contributed by atoms with E-state index in [1.807, 2.05) is 84.9 Å². The number of carbonyl (C=O) groups is 1. The number of anilines is 1. The van der Waals surface area contributed by atoms with Crippen LogP contribution in [0.2, 0.25) is 0 Å². The minimum Gasteiger partial charge on any atom is -0.324 e. The van der Waals surface area contributed by atoms with Crippen molar-refractivity contribution in [1.29, 1.82) is 0 Å². The quantitative estimate of drug-likeness (QED) is 0.709. The first kappa shape index (κ1) is 15.6. The van der Waals surface area contributed by atoms with Gasteiger partial charge in [-0.25, -0.2) is 0 Å². The van der Waals surface area contributed by atoms with Crippen molar-refractivity contribution in [3.8, 4) is 12.3 Å². The molecule has 3 aromatic rings. The zero-order chi connectivity index (χ0) is 16.8. The molecule has 0 heterocycles. The summed E-state index contributed by atoms with van der Waals surface area (Å²) in [4.78, 5) is 13.0. The Balaban J connectivity index is 1.97. The molecule has 3 aromatic carbocycles. The Kier molecular flexibility index (Phi) is 4.74. The van der Waals surface area contributed by atoms with Crippen molar-refractivity contribution in [3.05, 3.63) is 102 Å². The number of amides is 1. The summed E-state index contributed by atoms with van der Waals surface area (Å²) in [5, 5.41) is 2.98. The zero-order valence-electron chi connectivity index (χ0n) is 13.1. The van der Waals surface area contributed by atoms with Crippen LogP contribution in [0.25, 0.3) is 0 Å². The van der Waals surface area contributed by atoms with Gasteiger partial charge in [0.25, 0.3) is 0 Å². The topological polar surface area (TPSA) is 29.1 Å². The SMILES string of the molecule is C#Cc1ccccc1NC(=O)C(c1ccccc1)c1ccccc1. The second kappa shape index (κ2) is 7.30. The largest absolute Gasteiger partial charge is 0.324 e. The van der Waals surface area contributed by atoms with E-state index in [1.165, 1.54) is 0 Å². The lowest BCUT2D eigenvalue weighted by atomic mass is 9.90. The number of nitrogens with one attached hydrogen (secondary N) is 1. The second-order valence-corrected chi connectivity index (χ2v) is 5.43. The average Bonchev–Trinajstić information content (AvgIpc) is 2.64. The molecule has 0 bridgehead atoms. The lowest BCUT2D eigenvalue weighted by Crippen LogP contribution is -2.22. The molecule has 0 radical (unpaired) electrons. The number of rotatable bonds is 4. The molecule has 0 aliphatic heterocycles. The number of benzene rings is 3. The van der Waals surface area contributed by atoms with Gasteiger partial charge >= 0.3 is 0 Å². The number of carbonyl (C=O) groups excluding carboxylic acids is 1. The molecule has 1 amide bonds. The highest BCUT2D eigenvalue weighted by Crippen LogP contribution is 2.27. The summed E-state index contributed by atoms with van der Waals surface area (Å²) in [6, 6.07) is 26.8. The number of hydrogen-bond acceptors (Lipinski definition) is 1. The van der Waals surface area contributed by atoms with Gasteiger partial charge in [-0.15, -0.1) is 6.42 Å². The van der Waals surface area contributed by atoms with Gasteiger partial charge in [-0.05, 0) is 23.3 Å². The van der Waals surface area contributed by atoms with E-state index in [1.54, 1.807) is 0 Å². The fourth-order valence-corrected chi connectivity index (χ4v) is 2.71. The average molecular weight is 311 g/mol. The highest BCUT2D eigenvalue weighted by Gasteiger charge is 2.23. The maximum Gasteiger partial charge on any atom is 0.236 e. The van der Waals surface area contributed by atoms with Crippen LogP contribution in [0.4, 0.5) is 5.69 Å². The van der Waals surface area contributed by atoms with E-state index in [2.05, 4.69) is 11.2 Å². The van der Waals surface area contributed by atoms with Gasteiger partial charge in [0.2, 0.25) is 5.91 Å². The third-order valence-electron chi connectivity index (χ3n) is 3.87. The van der Waals surface area contributed by atoms with Crippen LogP contribution in [0.1, 0.15) is 22.6 Å². The summed E-state index contributed by atoms with van der Waals surface area (Å²) >= 11 is 0. The van der Waals surface area contributed by atoms with Crippen LogP contribution >= 0.6 is 0 Å². The molecule has 24 heavy (non-hydrogen) atoms. The van der Waals surface area contributed by atoms with Gasteiger partial charge in [0.15, 0.2) is 0 Å². The van der Waals surface area contributed by atoms with Crippen LogP contribution in [0.3, 0.4) is 0 Å². The van der Waals surface area contributed by atoms with Crippen LogP contribution in [-0.4, -0.2) is 5.91 Å². The molecule has 0 spiro atoms. The number of para-hydroxylation sites is 1. The van der Waals surface area contributed by atoms with Crippen LogP contribution in [0.5, 0.6) is 0 Å². The van der Waals surface area contributed by atoms with E-state index in [4.69, 9.17) is 6.42 Å². The predicted molar refractivity (Wildman–Crippen MR) is 97.7 cm³/mol. The fraction of sp³-hybridized carbons (Fsp3) is 0.0455. The van der Waals surface area contributed by atoms with Crippen LogP contribution in [0.15, 0.2) is 84.9 Å². The molecule has 0 aromatic heterocycles. The lowest BCUT2D eigenvalue weighted by molar-refractivity contribution is -0.116.